The third-order valence-electron chi connectivity index (χ3n) is 5.84. The van der Waals surface area contributed by atoms with Crippen LogP contribution in [0.4, 0.5) is 0 Å². The molecule has 2 N–H and O–H groups in total. The fourth-order valence-electron chi connectivity index (χ4n) is 4.45. The van der Waals surface area contributed by atoms with Crippen LogP contribution in [-0.2, 0) is 4.79 Å². The number of carbonyl (C=O) groups excluding carboxylic acids is 1. The van der Waals surface area contributed by atoms with Crippen molar-refractivity contribution in [2.24, 2.45) is 23.2 Å². The molecule has 1 aromatic carbocycles. The van der Waals surface area contributed by atoms with E-state index in [4.69, 9.17) is 4.74 Å². The summed E-state index contributed by atoms with van der Waals surface area (Å²) in [6.07, 6.45) is 0.646. The zero-order valence-corrected chi connectivity index (χ0v) is 14.8. The van der Waals surface area contributed by atoms with Gasteiger partial charge in [0.15, 0.2) is 0 Å². The van der Waals surface area contributed by atoms with Gasteiger partial charge in [0, 0.05) is 11.3 Å². The number of rotatable bonds is 4. The van der Waals surface area contributed by atoms with Crippen LogP contribution >= 0.6 is 0 Å². The standard InChI is InChI=1S/C21H26O4/c1-3-16-19-17(18(23)11-12-21(19,2)20(16)24)10-9-14(22)13-25-15-7-5-4-6-8-15/h4-8,14,16-19,22-23H,3,11-13H2,1-2H3/t14-,16?,17-,18+,19+,21-/m0/s1. The van der Waals surface area contributed by atoms with Gasteiger partial charge in [0.1, 0.15) is 24.2 Å². The molecule has 3 rings (SSSR count). The number of ketones is 1. The Bertz CT molecular complexity index is 674. The van der Waals surface area contributed by atoms with Gasteiger partial charge in [0.05, 0.1) is 12.0 Å². The lowest BCUT2D eigenvalue weighted by atomic mass is 9.44. The highest BCUT2D eigenvalue weighted by Crippen LogP contribution is 2.59. The maximum atomic E-state index is 12.4. The molecule has 0 heterocycles. The normalized spacial score (nSPS) is 35.0. The van der Waals surface area contributed by atoms with Gasteiger partial charge in [-0.2, -0.15) is 0 Å². The highest BCUT2D eigenvalue weighted by Gasteiger charge is 2.63. The Balaban J connectivity index is 1.66. The van der Waals surface area contributed by atoms with Crippen molar-refractivity contribution < 1.29 is 19.7 Å². The minimum absolute atomic E-state index is 0.0167. The minimum Gasteiger partial charge on any atom is -0.490 e. The molecule has 4 heteroatoms. The molecule has 2 fully saturated rings. The molecule has 0 spiro atoms. The lowest BCUT2D eigenvalue weighted by Gasteiger charge is -2.57. The van der Waals surface area contributed by atoms with Gasteiger partial charge < -0.3 is 14.9 Å². The topological polar surface area (TPSA) is 66.8 Å². The van der Waals surface area contributed by atoms with E-state index in [1.807, 2.05) is 44.2 Å². The second kappa shape index (κ2) is 7.19. The summed E-state index contributed by atoms with van der Waals surface area (Å²) in [7, 11) is 0. The molecule has 4 nitrogen and oxygen atoms in total. The Kier molecular flexibility index (Phi) is 5.17. The molecule has 0 amide bonds. The van der Waals surface area contributed by atoms with Crippen molar-refractivity contribution in [3.05, 3.63) is 30.3 Å². The van der Waals surface area contributed by atoms with E-state index in [9.17, 15) is 15.0 Å². The predicted octanol–water partition coefficient (Wildman–Crippen LogP) is 2.43. The number of para-hydroxylation sites is 1. The maximum absolute atomic E-state index is 12.4. The monoisotopic (exact) mass is 342 g/mol. The van der Waals surface area contributed by atoms with Crippen LogP contribution in [-0.4, -0.2) is 34.8 Å². The Morgan fingerprint density at radius 3 is 2.76 bits per heavy atom. The molecule has 0 aliphatic heterocycles. The number of hydrogen-bond acceptors (Lipinski definition) is 4. The van der Waals surface area contributed by atoms with Crippen molar-refractivity contribution in [3.8, 4) is 17.6 Å². The van der Waals surface area contributed by atoms with Gasteiger partial charge in [-0.25, -0.2) is 0 Å². The van der Waals surface area contributed by atoms with E-state index in [2.05, 4.69) is 11.8 Å². The summed E-state index contributed by atoms with van der Waals surface area (Å²) in [6, 6.07) is 9.27. The molecule has 0 bridgehead atoms. The van der Waals surface area contributed by atoms with Crippen LogP contribution in [0, 0.1) is 35.0 Å². The average molecular weight is 342 g/mol. The summed E-state index contributed by atoms with van der Waals surface area (Å²) in [5.74, 6) is 6.70. The van der Waals surface area contributed by atoms with Gasteiger partial charge >= 0.3 is 0 Å². The third-order valence-corrected chi connectivity index (χ3v) is 5.84. The molecule has 25 heavy (non-hydrogen) atoms. The van der Waals surface area contributed by atoms with E-state index in [1.165, 1.54) is 0 Å². The van der Waals surface area contributed by atoms with Gasteiger partial charge in [-0.15, -0.1) is 0 Å². The molecule has 1 aromatic rings. The molecule has 134 valence electrons. The summed E-state index contributed by atoms with van der Waals surface area (Å²) >= 11 is 0. The van der Waals surface area contributed by atoms with Crippen LogP contribution in [0.15, 0.2) is 30.3 Å². The summed E-state index contributed by atoms with van der Waals surface area (Å²) in [6.45, 7) is 4.09. The van der Waals surface area contributed by atoms with Crippen molar-refractivity contribution in [2.75, 3.05) is 6.61 Å². The number of ether oxygens (including phenoxy) is 1. The van der Waals surface area contributed by atoms with Crippen molar-refractivity contribution in [3.63, 3.8) is 0 Å². The number of aliphatic hydroxyl groups excluding tert-OH is 2. The van der Waals surface area contributed by atoms with Crippen LogP contribution in [0.1, 0.15) is 33.1 Å². The fourth-order valence-corrected chi connectivity index (χ4v) is 4.45. The first-order valence-corrected chi connectivity index (χ1v) is 9.06. The van der Waals surface area contributed by atoms with Gasteiger partial charge in [0.25, 0.3) is 0 Å². The van der Waals surface area contributed by atoms with Crippen LogP contribution in [0.25, 0.3) is 0 Å². The Morgan fingerprint density at radius 2 is 2.08 bits per heavy atom. The summed E-state index contributed by atoms with van der Waals surface area (Å²) in [5.41, 5.74) is -0.356. The molecule has 2 aliphatic rings. The second-order valence-electron chi connectivity index (χ2n) is 7.38. The molecule has 0 radical (unpaired) electrons. The third kappa shape index (κ3) is 3.31. The molecule has 0 saturated heterocycles. The molecule has 1 unspecified atom stereocenters. The number of Topliss-reactive ketones (excluding diaryl/α,β-unsaturated/α-hetero) is 1. The van der Waals surface area contributed by atoms with E-state index in [0.29, 0.717) is 18.0 Å². The number of carbonyl (C=O) groups is 1. The van der Waals surface area contributed by atoms with Crippen LogP contribution in [0.2, 0.25) is 0 Å². The lowest BCUT2D eigenvalue weighted by molar-refractivity contribution is -0.171. The van der Waals surface area contributed by atoms with E-state index < -0.39 is 12.2 Å². The minimum atomic E-state index is -0.920. The molecule has 2 saturated carbocycles. The molecule has 6 atom stereocenters. The van der Waals surface area contributed by atoms with Crippen LogP contribution in [0.3, 0.4) is 0 Å². The Morgan fingerprint density at radius 1 is 1.36 bits per heavy atom. The highest BCUT2D eigenvalue weighted by atomic mass is 16.5. The zero-order valence-electron chi connectivity index (χ0n) is 14.8. The molecule has 2 aliphatic carbocycles. The van der Waals surface area contributed by atoms with Gasteiger partial charge in [-0.05, 0) is 37.3 Å². The predicted molar refractivity (Wildman–Crippen MR) is 94.8 cm³/mol. The summed E-state index contributed by atoms with van der Waals surface area (Å²) in [4.78, 5) is 12.4. The zero-order chi connectivity index (χ0) is 18.0. The van der Waals surface area contributed by atoms with Crippen LogP contribution < -0.4 is 4.74 Å². The first kappa shape index (κ1) is 18.0. The Hall–Kier alpha value is -1.83. The molecule has 0 aromatic heterocycles. The number of benzene rings is 1. The first-order valence-electron chi connectivity index (χ1n) is 9.06. The van der Waals surface area contributed by atoms with Gasteiger partial charge in [0.2, 0.25) is 0 Å². The molecular formula is C21H26O4. The SMILES string of the molecule is CCC1C(=O)[C@@]2(C)CC[C@@H](O)[C@H](C#C[C@H](O)COc3ccccc3)[C@@H]12. The van der Waals surface area contributed by atoms with Crippen molar-refractivity contribution >= 4 is 5.78 Å². The fraction of sp³-hybridized carbons (Fsp3) is 0.571. The van der Waals surface area contributed by atoms with Crippen molar-refractivity contribution in [2.45, 2.75) is 45.3 Å². The smallest absolute Gasteiger partial charge is 0.148 e. The summed E-state index contributed by atoms with van der Waals surface area (Å²) < 4.78 is 5.51. The second-order valence-corrected chi connectivity index (χ2v) is 7.38. The number of aliphatic hydroxyl groups is 2. The number of hydrogen-bond donors (Lipinski definition) is 2. The van der Waals surface area contributed by atoms with Crippen molar-refractivity contribution in [1.29, 1.82) is 0 Å². The molecular weight excluding hydrogens is 316 g/mol. The van der Waals surface area contributed by atoms with E-state index in [0.717, 1.165) is 12.8 Å². The first-order chi connectivity index (χ1) is 12.0. The lowest BCUT2D eigenvalue weighted by Crippen LogP contribution is -2.62. The quantitative estimate of drug-likeness (QED) is 0.825. The van der Waals surface area contributed by atoms with E-state index in [1.54, 1.807) is 0 Å². The number of fused-ring (bicyclic) bond motifs is 1. The maximum Gasteiger partial charge on any atom is 0.148 e. The highest BCUT2D eigenvalue weighted by molar-refractivity contribution is 5.94. The Labute approximate surface area is 149 Å². The van der Waals surface area contributed by atoms with E-state index in [-0.39, 0.29) is 29.8 Å². The van der Waals surface area contributed by atoms with Gasteiger partial charge in [-0.3, -0.25) is 4.79 Å². The van der Waals surface area contributed by atoms with Gasteiger partial charge in [-0.1, -0.05) is 43.9 Å². The van der Waals surface area contributed by atoms with E-state index >= 15 is 0 Å². The summed E-state index contributed by atoms with van der Waals surface area (Å²) in [5, 5.41) is 20.5. The average Bonchev–Trinajstić information content (AvgIpc) is 2.63. The van der Waals surface area contributed by atoms with Crippen LogP contribution in [0.5, 0.6) is 5.75 Å². The largest absolute Gasteiger partial charge is 0.490 e. The van der Waals surface area contributed by atoms with Crippen molar-refractivity contribution in [1.82, 2.24) is 0 Å².